The topological polar surface area (TPSA) is 89.3 Å². The molecule has 1 aromatic rings. The maximum atomic E-state index is 11.1. The smallest absolute Gasteiger partial charge is 0.239 e. The maximum absolute atomic E-state index is 11.1. The summed E-state index contributed by atoms with van der Waals surface area (Å²) < 4.78 is 5.55. The number of amides is 1. The second-order valence-corrected chi connectivity index (χ2v) is 4.94. The van der Waals surface area contributed by atoms with Gasteiger partial charge in [-0.2, -0.15) is 4.98 Å². The fourth-order valence-electron chi connectivity index (χ4n) is 1.91. The second kappa shape index (κ2) is 5.77. The summed E-state index contributed by atoms with van der Waals surface area (Å²) in [5.74, 6) is 1.26. The predicted octanol–water partition coefficient (Wildman–Crippen LogP) is 1.14. The van der Waals surface area contributed by atoms with Crippen molar-refractivity contribution in [3.63, 3.8) is 0 Å². The van der Waals surface area contributed by atoms with Crippen molar-refractivity contribution >= 4 is 17.4 Å². The highest BCUT2D eigenvalue weighted by Gasteiger charge is 2.18. The number of hydrogen-bond donors (Lipinski definition) is 3. The van der Waals surface area contributed by atoms with E-state index >= 15 is 0 Å². The van der Waals surface area contributed by atoms with Crippen LogP contribution >= 0.6 is 0 Å². The van der Waals surface area contributed by atoms with Gasteiger partial charge in [0.1, 0.15) is 5.82 Å². The van der Waals surface area contributed by atoms with Gasteiger partial charge in [-0.1, -0.05) is 0 Å². The molecule has 2 rings (SSSR count). The van der Waals surface area contributed by atoms with E-state index in [-0.39, 0.29) is 18.1 Å². The van der Waals surface area contributed by atoms with Gasteiger partial charge in [0.2, 0.25) is 11.8 Å². The van der Waals surface area contributed by atoms with E-state index in [1.165, 1.54) is 0 Å². The van der Waals surface area contributed by atoms with Gasteiger partial charge in [0, 0.05) is 19.0 Å². The second-order valence-electron chi connectivity index (χ2n) is 4.94. The summed E-state index contributed by atoms with van der Waals surface area (Å²) in [5.41, 5.74) is 6.34. The van der Waals surface area contributed by atoms with Gasteiger partial charge < -0.3 is 21.1 Å². The molecule has 1 aliphatic rings. The Labute approximate surface area is 112 Å². The molecule has 0 saturated carbocycles. The molecule has 0 bridgehead atoms. The number of nitrogens with zero attached hydrogens (tertiary/aromatic N) is 1. The molecule has 0 aliphatic carbocycles. The Morgan fingerprint density at radius 3 is 2.95 bits per heavy atom. The highest BCUT2D eigenvalue weighted by molar-refractivity contribution is 5.77. The number of rotatable bonds is 4. The van der Waals surface area contributed by atoms with Crippen LogP contribution in [0.3, 0.4) is 0 Å². The molecule has 1 amide bonds. The Morgan fingerprint density at radius 1 is 1.53 bits per heavy atom. The van der Waals surface area contributed by atoms with Crippen molar-refractivity contribution in [3.8, 4) is 5.88 Å². The Kier molecular flexibility index (Phi) is 4.09. The van der Waals surface area contributed by atoms with Crippen LogP contribution in [0.5, 0.6) is 5.88 Å². The average molecular weight is 264 g/mol. The van der Waals surface area contributed by atoms with E-state index in [2.05, 4.69) is 15.6 Å². The van der Waals surface area contributed by atoms with E-state index in [4.69, 9.17) is 10.5 Å². The van der Waals surface area contributed by atoms with Gasteiger partial charge in [-0.25, -0.2) is 0 Å². The van der Waals surface area contributed by atoms with Crippen molar-refractivity contribution in [2.45, 2.75) is 38.8 Å². The number of nitrogens with two attached hydrogens (primary N) is 1. The monoisotopic (exact) mass is 264 g/mol. The number of piperidine rings is 1. The van der Waals surface area contributed by atoms with Crippen LogP contribution in [0.15, 0.2) is 12.1 Å². The summed E-state index contributed by atoms with van der Waals surface area (Å²) in [6.45, 7) is 4.47. The van der Waals surface area contributed by atoms with Gasteiger partial charge in [-0.3, -0.25) is 4.79 Å². The minimum atomic E-state index is 0.0269. The molecule has 1 fully saturated rings. The zero-order chi connectivity index (χ0) is 13.8. The minimum absolute atomic E-state index is 0.0269. The van der Waals surface area contributed by atoms with Crippen LogP contribution in [-0.2, 0) is 4.79 Å². The molecule has 1 saturated heterocycles. The molecule has 1 atom stereocenters. The average Bonchev–Trinajstić information content (AvgIpc) is 2.36. The molecule has 0 spiro atoms. The Balaban J connectivity index is 2.02. The molecule has 6 heteroatoms. The third kappa shape index (κ3) is 3.74. The van der Waals surface area contributed by atoms with Crippen LogP contribution in [0.25, 0.3) is 0 Å². The first kappa shape index (κ1) is 13.5. The van der Waals surface area contributed by atoms with Gasteiger partial charge in [0.25, 0.3) is 0 Å². The minimum Gasteiger partial charge on any atom is -0.473 e. The first-order valence-corrected chi connectivity index (χ1v) is 6.51. The first-order valence-electron chi connectivity index (χ1n) is 6.51. The highest BCUT2D eigenvalue weighted by Crippen LogP contribution is 2.22. The Morgan fingerprint density at radius 2 is 2.32 bits per heavy atom. The van der Waals surface area contributed by atoms with Crippen LogP contribution < -0.4 is 21.1 Å². The molecular formula is C13H20N4O2. The molecule has 6 nitrogen and oxygen atoms in total. The lowest BCUT2D eigenvalue weighted by Gasteiger charge is -2.24. The number of anilines is 2. The lowest BCUT2D eigenvalue weighted by atomic mass is 10.1. The zero-order valence-corrected chi connectivity index (χ0v) is 11.3. The molecule has 1 aromatic heterocycles. The third-order valence-electron chi connectivity index (χ3n) is 2.85. The quantitative estimate of drug-likeness (QED) is 0.759. The van der Waals surface area contributed by atoms with E-state index < -0.39 is 0 Å². The molecular weight excluding hydrogens is 244 g/mol. The number of pyridine rings is 1. The van der Waals surface area contributed by atoms with Crippen LogP contribution in [0.1, 0.15) is 26.7 Å². The summed E-state index contributed by atoms with van der Waals surface area (Å²) in [6, 6.07) is 3.79. The van der Waals surface area contributed by atoms with Crippen molar-refractivity contribution < 1.29 is 9.53 Å². The van der Waals surface area contributed by atoms with Crippen molar-refractivity contribution in [1.29, 1.82) is 0 Å². The van der Waals surface area contributed by atoms with E-state index in [9.17, 15) is 4.79 Å². The molecule has 1 unspecified atom stereocenters. The number of aromatic nitrogens is 1. The summed E-state index contributed by atoms with van der Waals surface area (Å²) in [6.07, 6.45) is 1.37. The van der Waals surface area contributed by atoms with Crippen LogP contribution in [-0.4, -0.2) is 29.6 Å². The highest BCUT2D eigenvalue weighted by atomic mass is 16.5. The Hall–Kier alpha value is -1.98. The van der Waals surface area contributed by atoms with E-state index in [0.717, 1.165) is 6.42 Å². The summed E-state index contributed by atoms with van der Waals surface area (Å²) in [5, 5.41) is 6.11. The third-order valence-corrected chi connectivity index (χ3v) is 2.85. The zero-order valence-electron chi connectivity index (χ0n) is 11.3. The van der Waals surface area contributed by atoms with Crippen molar-refractivity contribution in [3.05, 3.63) is 12.1 Å². The van der Waals surface area contributed by atoms with Crippen molar-refractivity contribution in [2.24, 2.45) is 0 Å². The van der Waals surface area contributed by atoms with Gasteiger partial charge in [-0.05, 0) is 32.4 Å². The number of ether oxygens (including phenoxy) is 1. The summed E-state index contributed by atoms with van der Waals surface area (Å²) in [4.78, 5) is 15.4. The van der Waals surface area contributed by atoms with Crippen LogP contribution in [0.4, 0.5) is 11.5 Å². The lowest BCUT2D eigenvalue weighted by molar-refractivity contribution is -0.122. The number of hydrogen-bond acceptors (Lipinski definition) is 5. The largest absolute Gasteiger partial charge is 0.473 e. The number of carbonyl (C=O) groups excluding carboxylic acids is 1. The number of nitrogens with one attached hydrogen (secondary N) is 2. The fraction of sp³-hybridized carbons (Fsp3) is 0.538. The number of carbonyl (C=O) groups is 1. The summed E-state index contributed by atoms with van der Waals surface area (Å²) >= 11 is 0. The first-order chi connectivity index (χ1) is 9.04. The van der Waals surface area contributed by atoms with Crippen LogP contribution in [0, 0.1) is 0 Å². The van der Waals surface area contributed by atoms with Gasteiger partial charge in [-0.15, -0.1) is 0 Å². The molecule has 2 heterocycles. The van der Waals surface area contributed by atoms with Gasteiger partial charge in [0.15, 0.2) is 0 Å². The molecule has 19 heavy (non-hydrogen) atoms. The molecule has 1 aliphatic heterocycles. The normalized spacial score (nSPS) is 19.1. The van der Waals surface area contributed by atoms with Gasteiger partial charge in [0.05, 0.1) is 11.8 Å². The van der Waals surface area contributed by atoms with Crippen molar-refractivity contribution in [2.75, 3.05) is 17.6 Å². The van der Waals surface area contributed by atoms with Crippen molar-refractivity contribution in [1.82, 2.24) is 10.3 Å². The van der Waals surface area contributed by atoms with E-state index in [1.807, 2.05) is 19.9 Å². The Bertz CT molecular complexity index is 452. The fourth-order valence-corrected chi connectivity index (χ4v) is 1.91. The molecule has 0 radical (unpaired) electrons. The maximum Gasteiger partial charge on any atom is 0.239 e. The van der Waals surface area contributed by atoms with Gasteiger partial charge >= 0.3 is 0 Å². The lowest BCUT2D eigenvalue weighted by Crippen LogP contribution is -2.42. The SMILES string of the molecule is CC(C)Oc1nc(NC2CCC(=O)NC2)ccc1N. The molecule has 4 N–H and O–H groups in total. The summed E-state index contributed by atoms with van der Waals surface area (Å²) in [7, 11) is 0. The standard InChI is InChI=1S/C13H20N4O2/c1-8(2)19-13-10(14)4-5-11(17-13)16-9-3-6-12(18)15-7-9/h4-5,8-9H,3,6-7,14H2,1-2H3,(H,15,18)(H,16,17). The molecule has 104 valence electrons. The number of nitrogen functional groups attached to an aromatic ring is 1. The molecule has 0 aromatic carbocycles. The van der Waals surface area contributed by atoms with E-state index in [0.29, 0.717) is 30.4 Å². The predicted molar refractivity (Wildman–Crippen MR) is 74.1 cm³/mol. The van der Waals surface area contributed by atoms with E-state index in [1.54, 1.807) is 6.07 Å². The van der Waals surface area contributed by atoms with Crippen LogP contribution in [0.2, 0.25) is 0 Å².